The maximum atomic E-state index is 13.5. The van der Waals surface area contributed by atoms with Crippen molar-refractivity contribution in [3.05, 3.63) is 0 Å². The summed E-state index contributed by atoms with van der Waals surface area (Å²) < 4.78 is 0. The number of rotatable bonds is 36. The average molecular weight is 1010 g/mol. The van der Waals surface area contributed by atoms with Crippen LogP contribution in [0, 0.1) is 5.92 Å². The molecule has 0 aliphatic rings. The number of aliphatic hydroxyl groups is 1. The van der Waals surface area contributed by atoms with Crippen molar-refractivity contribution < 1.29 is 92.7 Å². The molecule has 0 saturated carbocycles. The molecule has 21 N–H and O–H groups in total. The summed E-state index contributed by atoms with van der Waals surface area (Å²) in [7, 11) is 0. The molecule has 0 aromatic carbocycles. The number of unbranched alkanes of at least 4 members (excludes halogenated alkanes) is 1. The topological polar surface area (TPSA) is 540 Å². The Balaban J connectivity index is 6.32. The van der Waals surface area contributed by atoms with E-state index in [-0.39, 0.29) is 38.1 Å². The van der Waals surface area contributed by atoms with E-state index < -0.39 is 183 Å². The molecule has 0 aromatic rings. The first-order valence-electron chi connectivity index (χ1n) is 21.5. The Hall–Kier alpha value is -7.54. The number of hydrogen-bond donors (Lipinski definition) is 17. The lowest BCUT2D eigenvalue weighted by molar-refractivity contribution is -0.144. The van der Waals surface area contributed by atoms with E-state index in [9.17, 15) is 92.7 Å². The zero-order valence-electron chi connectivity index (χ0n) is 38.4. The van der Waals surface area contributed by atoms with Crippen LogP contribution in [0.5, 0.6) is 0 Å². The Morgan fingerprint density at radius 1 is 0.457 bits per heavy atom. The molecule has 0 rings (SSSR count). The van der Waals surface area contributed by atoms with Gasteiger partial charge in [0.25, 0.3) is 0 Å². The first-order valence-corrected chi connectivity index (χ1v) is 21.5. The van der Waals surface area contributed by atoms with Crippen molar-refractivity contribution >= 4 is 82.9 Å². The minimum Gasteiger partial charge on any atom is -0.481 e. The number of carbonyl (C=O) groups excluding carboxylic acids is 10. The van der Waals surface area contributed by atoms with Crippen molar-refractivity contribution in [2.75, 3.05) is 19.7 Å². The van der Waals surface area contributed by atoms with Crippen molar-refractivity contribution in [2.24, 2.45) is 28.9 Å². The van der Waals surface area contributed by atoms with Crippen LogP contribution in [0.2, 0.25) is 0 Å². The standard InChI is InChI=1S/C39H64N12O19/c1-17(2)31(43)38(68)47-18(6-9-25(41)53)32(62)44-15-27(55)45-19(7-10-28(56)57)33(63)46-20(8-11-29(58)59)34(64)51-24(16-52)37(67)49-22(13-26(42)54)35(65)50-23(14-30(60)61)36(66)48-21(39(69)70)5-3-4-12-40/h17-24,31,52H,3-16,40,43H2,1-2H3,(H2,41,53)(H2,42,54)(H,44,62)(H,45,55)(H,46,63)(H,47,68)(H,48,66)(H,49,67)(H,50,65)(H,51,64)(H,56,57)(H,58,59)(H,60,61)(H,69,70). The lowest BCUT2D eigenvalue weighted by Crippen LogP contribution is -2.61. The number of nitrogens with two attached hydrogens (primary N) is 4. The van der Waals surface area contributed by atoms with Gasteiger partial charge >= 0.3 is 23.9 Å². The van der Waals surface area contributed by atoms with Crippen LogP contribution < -0.4 is 65.5 Å². The van der Waals surface area contributed by atoms with Crippen LogP contribution in [0.15, 0.2) is 0 Å². The second kappa shape index (κ2) is 32.3. The van der Waals surface area contributed by atoms with Gasteiger partial charge in [-0.25, -0.2) is 4.79 Å². The van der Waals surface area contributed by atoms with E-state index in [1.54, 1.807) is 13.8 Å². The van der Waals surface area contributed by atoms with Gasteiger partial charge in [-0.3, -0.25) is 62.3 Å². The highest BCUT2D eigenvalue weighted by Crippen LogP contribution is 2.08. The number of hydrogen-bond acceptors (Lipinski definition) is 17. The molecule has 0 saturated heterocycles. The first kappa shape index (κ1) is 62.5. The van der Waals surface area contributed by atoms with Gasteiger partial charge in [0, 0.05) is 19.3 Å². The van der Waals surface area contributed by atoms with Crippen LogP contribution >= 0.6 is 0 Å². The first-order chi connectivity index (χ1) is 32.6. The summed E-state index contributed by atoms with van der Waals surface area (Å²) in [4.78, 5) is 175. The maximum absolute atomic E-state index is 13.5. The molecule has 31 heteroatoms. The van der Waals surface area contributed by atoms with Crippen molar-refractivity contribution in [3.8, 4) is 0 Å². The van der Waals surface area contributed by atoms with E-state index >= 15 is 0 Å². The van der Waals surface area contributed by atoms with Crippen LogP contribution in [0.3, 0.4) is 0 Å². The molecular formula is C39H64N12O19. The molecule has 10 amide bonds. The smallest absolute Gasteiger partial charge is 0.326 e. The molecular weight excluding hydrogens is 940 g/mol. The third kappa shape index (κ3) is 25.6. The highest BCUT2D eigenvalue weighted by atomic mass is 16.4. The lowest BCUT2D eigenvalue weighted by Gasteiger charge is -2.26. The third-order valence-corrected chi connectivity index (χ3v) is 9.76. The summed E-state index contributed by atoms with van der Waals surface area (Å²) in [5.74, 6) is -18.3. The zero-order valence-corrected chi connectivity index (χ0v) is 38.4. The van der Waals surface area contributed by atoms with Gasteiger partial charge < -0.3 is 91.0 Å². The lowest BCUT2D eigenvalue weighted by atomic mass is 10.0. The van der Waals surface area contributed by atoms with Crippen LogP contribution in [-0.4, -0.2) is 177 Å². The molecule has 8 unspecified atom stereocenters. The van der Waals surface area contributed by atoms with E-state index in [0.29, 0.717) is 6.42 Å². The number of carboxylic acid groups (broad SMARTS) is 4. The van der Waals surface area contributed by atoms with E-state index in [1.165, 1.54) is 0 Å². The fourth-order valence-corrected chi connectivity index (χ4v) is 5.84. The molecule has 0 spiro atoms. The Morgan fingerprint density at radius 2 is 0.871 bits per heavy atom. The molecule has 8 atom stereocenters. The van der Waals surface area contributed by atoms with E-state index in [1.807, 2.05) is 16.0 Å². The van der Waals surface area contributed by atoms with Crippen molar-refractivity contribution in [3.63, 3.8) is 0 Å². The van der Waals surface area contributed by atoms with Crippen molar-refractivity contribution in [1.29, 1.82) is 0 Å². The Labute approximate surface area is 399 Å². The number of aliphatic carboxylic acids is 4. The quantitative estimate of drug-likeness (QED) is 0.0259. The van der Waals surface area contributed by atoms with Crippen LogP contribution in [0.25, 0.3) is 0 Å². The number of aliphatic hydroxyl groups excluding tert-OH is 1. The zero-order chi connectivity index (χ0) is 53.8. The average Bonchev–Trinajstić information content (AvgIpc) is 3.26. The van der Waals surface area contributed by atoms with Gasteiger partial charge in [0.15, 0.2) is 0 Å². The molecule has 394 valence electrons. The van der Waals surface area contributed by atoms with E-state index in [0.717, 1.165) is 0 Å². The summed E-state index contributed by atoms with van der Waals surface area (Å²) in [6.07, 6.45) is -5.38. The summed E-state index contributed by atoms with van der Waals surface area (Å²) in [5.41, 5.74) is 21.6. The monoisotopic (exact) mass is 1000 g/mol. The summed E-state index contributed by atoms with van der Waals surface area (Å²) in [5, 5.41) is 64.4. The van der Waals surface area contributed by atoms with Gasteiger partial charge in [-0.05, 0) is 51.0 Å². The van der Waals surface area contributed by atoms with Gasteiger partial charge in [0.05, 0.1) is 32.0 Å². The Kier molecular flexibility index (Phi) is 28.8. The van der Waals surface area contributed by atoms with Crippen LogP contribution in [0.4, 0.5) is 0 Å². The number of nitrogens with one attached hydrogen (secondary N) is 8. The molecule has 0 fully saturated rings. The Morgan fingerprint density at radius 3 is 1.31 bits per heavy atom. The molecule has 0 heterocycles. The number of amides is 10. The van der Waals surface area contributed by atoms with Crippen molar-refractivity contribution in [2.45, 2.75) is 133 Å². The van der Waals surface area contributed by atoms with Gasteiger partial charge in [-0.15, -0.1) is 0 Å². The number of primary amides is 2. The normalized spacial score (nSPS) is 14.3. The fourth-order valence-electron chi connectivity index (χ4n) is 5.84. The van der Waals surface area contributed by atoms with Crippen molar-refractivity contribution in [1.82, 2.24) is 42.5 Å². The molecule has 0 bridgehead atoms. The molecule has 0 aromatic heterocycles. The summed E-state index contributed by atoms with van der Waals surface area (Å²) in [6.45, 7) is 1.25. The van der Waals surface area contributed by atoms with Gasteiger partial charge in [-0.2, -0.15) is 0 Å². The Bertz CT molecular complexity index is 1920. The van der Waals surface area contributed by atoms with E-state index in [2.05, 4.69) is 26.6 Å². The minimum atomic E-state index is -2.08. The molecule has 0 aliphatic carbocycles. The van der Waals surface area contributed by atoms with E-state index in [4.69, 9.17) is 22.9 Å². The predicted molar refractivity (Wildman–Crippen MR) is 235 cm³/mol. The summed E-state index contributed by atoms with van der Waals surface area (Å²) >= 11 is 0. The van der Waals surface area contributed by atoms with Crippen LogP contribution in [0.1, 0.15) is 84.5 Å². The maximum Gasteiger partial charge on any atom is 0.326 e. The van der Waals surface area contributed by atoms with Gasteiger partial charge in [0.2, 0.25) is 59.1 Å². The molecule has 31 nitrogen and oxygen atoms in total. The predicted octanol–water partition coefficient (Wildman–Crippen LogP) is -7.97. The fraction of sp³-hybridized carbons (Fsp3) is 0.641. The SMILES string of the molecule is CC(C)C(N)C(=O)NC(CCC(N)=O)C(=O)NCC(=O)NC(CCC(=O)O)C(=O)NC(CCC(=O)O)C(=O)NC(CO)C(=O)NC(CC(N)=O)C(=O)NC(CC(=O)O)C(=O)NC(CCCCN)C(=O)O. The number of carboxylic acids is 4. The minimum absolute atomic E-state index is 0.132. The molecule has 0 radical (unpaired) electrons. The highest BCUT2D eigenvalue weighted by Gasteiger charge is 2.35. The largest absolute Gasteiger partial charge is 0.481 e. The second-order valence-corrected chi connectivity index (χ2v) is 15.9. The summed E-state index contributed by atoms with van der Waals surface area (Å²) in [6, 6.07) is -13.9. The molecule has 0 aliphatic heterocycles. The van der Waals surface area contributed by atoms with Gasteiger partial charge in [0.1, 0.15) is 42.3 Å². The number of carbonyl (C=O) groups is 14. The highest BCUT2D eigenvalue weighted by molar-refractivity contribution is 5.99. The van der Waals surface area contributed by atoms with Gasteiger partial charge in [-0.1, -0.05) is 13.8 Å². The van der Waals surface area contributed by atoms with Crippen LogP contribution in [-0.2, 0) is 67.1 Å². The second-order valence-electron chi connectivity index (χ2n) is 15.9. The molecule has 70 heavy (non-hydrogen) atoms. The third-order valence-electron chi connectivity index (χ3n) is 9.76.